The Balaban J connectivity index is 0.000000743. The maximum Gasteiger partial charge on any atom is 0.280 e. The quantitative estimate of drug-likeness (QED) is 0.153. The van der Waals surface area contributed by atoms with Crippen LogP contribution in [0.5, 0.6) is 0 Å². The van der Waals surface area contributed by atoms with Gasteiger partial charge in [0.2, 0.25) is 5.89 Å². The molecule has 0 bridgehead atoms. The molecule has 6 aromatic rings. The third-order valence-electron chi connectivity index (χ3n) is 6.84. The van der Waals surface area contributed by atoms with Crippen molar-refractivity contribution in [3.8, 4) is 11.5 Å². The Morgan fingerprint density at radius 2 is 1.07 bits per heavy atom. The highest BCUT2D eigenvalue weighted by Crippen LogP contribution is 2.55. The monoisotopic (exact) mass is 637 g/mol. The SMILES string of the molecule is Cc1ccc(/C=N/Nc2oc(-c3ccccc3)nc2[P+](c2ccccc2)(c2ccccc2)c2ccccc2)cc1.[O-][Cl+3]([O-])([O-])[O-]. The van der Waals surface area contributed by atoms with Gasteiger partial charge in [-0.15, -0.1) is 10.2 Å². The van der Waals surface area contributed by atoms with Crippen LogP contribution in [0.25, 0.3) is 11.5 Å². The summed E-state index contributed by atoms with van der Waals surface area (Å²) in [5, 5.41) is 8.17. The van der Waals surface area contributed by atoms with E-state index in [4.69, 9.17) is 28.0 Å². The Morgan fingerprint density at radius 3 is 1.51 bits per heavy atom. The number of oxazole rings is 1. The van der Waals surface area contributed by atoms with Crippen molar-refractivity contribution in [2.75, 3.05) is 5.43 Å². The van der Waals surface area contributed by atoms with E-state index in [0.717, 1.165) is 16.6 Å². The summed E-state index contributed by atoms with van der Waals surface area (Å²) in [7, 11) is -7.45. The third-order valence-corrected chi connectivity index (χ3v) is 11.0. The van der Waals surface area contributed by atoms with Crippen LogP contribution < -0.4 is 45.4 Å². The van der Waals surface area contributed by atoms with Gasteiger partial charge >= 0.3 is 0 Å². The Morgan fingerprint density at radius 1 is 0.644 bits per heavy atom. The van der Waals surface area contributed by atoms with E-state index in [9.17, 15) is 0 Å². The molecule has 8 nitrogen and oxygen atoms in total. The molecule has 226 valence electrons. The van der Waals surface area contributed by atoms with Gasteiger partial charge in [0, 0.05) is 5.56 Å². The van der Waals surface area contributed by atoms with Crippen molar-refractivity contribution in [1.82, 2.24) is 4.98 Å². The minimum absolute atomic E-state index is 0.534. The van der Waals surface area contributed by atoms with Gasteiger partial charge in [-0.2, -0.15) is 10.1 Å². The summed E-state index contributed by atoms with van der Waals surface area (Å²) in [6.45, 7) is 2.07. The third kappa shape index (κ3) is 7.90. The largest absolute Gasteiger partial charge is 0.415 e. The molecule has 5 aromatic carbocycles. The van der Waals surface area contributed by atoms with E-state index in [2.05, 4.69) is 121 Å². The highest BCUT2D eigenvalue weighted by molar-refractivity contribution is 8.01. The van der Waals surface area contributed by atoms with Crippen molar-refractivity contribution in [3.63, 3.8) is 0 Å². The molecule has 1 N–H and O–H groups in total. The van der Waals surface area contributed by atoms with Crippen molar-refractivity contribution in [2.45, 2.75) is 6.92 Å². The fourth-order valence-electron chi connectivity index (χ4n) is 4.90. The normalized spacial score (nSPS) is 11.6. The van der Waals surface area contributed by atoms with Crippen LogP contribution in [0.3, 0.4) is 0 Å². The second kappa shape index (κ2) is 14.4. The van der Waals surface area contributed by atoms with Crippen molar-refractivity contribution < 1.29 is 33.3 Å². The molecule has 0 unspecified atom stereocenters. The second-order valence-corrected chi connectivity index (χ2v) is 13.9. The molecule has 1 heterocycles. The Hall–Kier alpha value is -4.66. The number of hydrazone groups is 1. The van der Waals surface area contributed by atoms with Crippen molar-refractivity contribution in [1.29, 1.82) is 0 Å². The summed E-state index contributed by atoms with van der Waals surface area (Å²) in [6.07, 6.45) is 1.81. The number of aromatic nitrogens is 1. The number of anilines is 1. The van der Waals surface area contributed by atoms with E-state index in [-0.39, 0.29) is 0 Å². The van der Waals surface area contributed by atoms with Gasteiger partial charge in [0.05, 0.1) is 6.21 Å². The molecular formula is C35H29ClN3O5P. The zero-order valence-corrected chi connectivity index (χ0v) is 25.8. The topological polar surface area (TPSA) is 143 Å². The van der Waals surface area contributed by atoms with Crippen LogP contribution in [0, 0.1) is 17.2 Å². The lowest BCUT2D eigenvalue weighted by Crippen LogP contribution is -2.68. The molecule has 0 fully saturated rings. The van der Waals surface area contributed by atoms with Crippen molar-refractivity contribution in [3.05, 3.63) is 157 Å². The van der Waals surface area contributed by atoms with E-state index in [1.807, 2.05) is 48.7 Å². The zero-order chi connectivity index (χ0) is 31.7. The molecular weight excluding hydrogens is 609 g/mol. The first-order valence-corrected chi connectivity index (χ1v) is 16.9. The van der Waals surface area contributed by atoms with Gasteiger partial charge in [0.1, 0.15) is 15.9 Å². The molecule has 45 heavy (non-hydrogen) atoms. The molecule has 0 amide bonds. The van der Waals surface area contributed by atoms with E-state index in [1.54, 1.807) is 0 Å². The molecule has 0 atom stereocenters. The number of hydrogen-bond acceptors (Lipinski definition) is 8. The van der Waals surface area contributed by atoms with Gasteiger partial charge in [-0.05, 0) is 61.0 Å². The molecule has 0 saturated carbocycles. The average Bonchev–Trinajstić information content (AvgIpc) is 3.48. The number of aryl methyl sites for hydroxylation is 1. The average molecular weight is 638 g/mol. The van der Waals surface area contributed by atoms with E-state index in [1.165, 1.54) is 21.5 Å². The number of benzene rings is 5. The number of rotatable bonds is 8. The minimum atomic E-state index is -4.94. The lowest BCUT2D eigenvalue weighted by atomic mass is 10.2. The van der Waals surface area contributed by atoms with Crippen molar-refractivity contribution in [2.24, 2.45) is 5.10 Å². The molecule has 0 spiro atoms. The van der Waals surface area contributed by atoms with Crippen LogP contribution in [0.4, 0.5) is 5.88 Å². The fourth-order valence-corrected chi connectivity index (χ4v) is 9.03. The molecule has 0 saturated heterocycles. The standard InChI is InChI=1S/C35H29N3OP.ClHO4/c1-27-22-24-28(25-23-27)26-36-38-34-35(37-33(39-34)29-14-6-2-7-15-29)40(30-16-8-3-9-17-30,31-18-10-4-11-19-31)32-20-12-5-13-21-32;2-1(3,4)5/h2-26,38H,1H3;(H,2,3,4,5)/q+1;/p-1/b36-26+;. The van der Waals surface area contributed by atoms with Crippen LogP contribution in [-0.2, 0) is 0 Å². The maximum absolute atomic E-state index is 8.49. The van der Waals surface area contributed by atoms with Gasteiger partial charge in [0.25, 0.3) is 11.3 Å². The first-order valence-electron chi connectivity index (χ1n) is 13.9. The van der Waals surface area contributed by atoms with Gasteiger partial charge in [-0.1, -0.05) is 103 Å². The molecule has 0 radical (unpaired) electrons. The number of nitrogens with one attached hydrogen (secondary N) is 1. The van der Waals surface area contributed by atoms with Crippen LogP contribution in [0.15, 0.2) is 155 Å². The Kier molecular flexibility index (Phi) is 10.2. The lowest BCUT2D eigenvalue weighted by molar-refractivity contribution is -2.00. The van der Waals surface area contributed by atoms with Crippen LogP contribution in [-0.4, -0.2) is 11.2 Å². The molecule has 0 aliphatic rings. The molecule has 1 aromatic heterocycles. The summed E-state index contributed by atoms with van der Waals surface area (Å²) in [5.74, 6) is 1.09. The molecule has 10 heteroatoms. The lowest BCUT2D eigenvalue weighted by Gasteiger charge is -2.25. The highest BCUT2D eigenvalue weighted by atomic mass is 35.7. The highest BCUT2D eigenvalue weighted by Gasteiger charge is 2.53. The van der Waals surface area contributed by atoms with Crippen molar-refractivity contribution >= 4 is 40.7 Å². The maximum atomic E-state index is 8.49. The first-order chi connectivity index (χ1) is 21.7. The molecule has 0 aliphatic carbocycles. The van der Waals surface area contributed by atoms with Gasteiger partial charge in [0.15, 0.2) is 7.26 Å². The van der Waals surface area contributed by atoms with E-state index >= 15 is 0 Å². The summed E-state index contributed by atoms with van der Waals surface area (Å²) < 4.78 is 40.5. The minimum Gasteiger partial charge on any atom is -0.415 e. The Bertz CT molecular complexity index is 1710. The van der Waals surface area contributed by atoms with Gasteiger partial charge in [-0.3, -0.25) is 0 Å². The number of hydrogen-bond donors (Lipinski definition) is 1. The predicted octanol–water partition coefficient (Wildman–Crippen LogP) is 1.96. The van der Waals surface area contributed by atoms with Crippen LogP contribution in [0.2, 0.25) is 0 Å². The fraction of sp³-hybridized carbons (Fsp3) is 0.0286. The van der Waals surface area contributed by atoms with Gasteiger partial charge < -0.3 is 4.42 Å². The number of nitrogens with zero attached hydrogens (tertiary/aromatic N) is 2. The Labute approximate surface area is 264 Å². The van der Waals surface area contributed by atoms with Crippen LogP contribution in [0.1, 0.15) is 11.1 Å². The summed E-state index contributed by atoms with van der Waals surface area (Å²) in [6, 6.07) is 50.2. The summed E-state index contributed by atoms with van der Waals surface area (Å²) in [4.78, 5) is 5.27. The first kappa shape index (κ1) is 31.8. The molecule has 6 rings (SSSR count). The van der Waals surface area contributed by atoms with Gasteiger partial charge in [-0.25, -0.2) is 24.1 Å². The second-order valence-electron chi connectivity index (χ2n) is 9.87. The van der Waals surface area contributed by atoms with Crippen LogP contribution >= 0.6 is 7.26 Å². The van der Waals surface area contributed by atoms with E-state index in [0.29, 0.717) is 11.8 Å². The number of halogens is 1. The van der Waals surface area contributed by atoms with E-state index < -0.39 is 17.5 Å². The zero-order valence-electron chi connectivity index (χ0n) is 24.2. The smallest absolute Gasteiger partial charge is 0.280 e. The summed E-state index contributed by atoms with van der Waals surface area (Å²) >= 11 is 0. The predicted molar refractivity (Wildman–Crippen MR) is 169 cm³/mol. The molecule has 0 aliphatic heterocycles. The summed E-state index contributed by atoms with van der Waals surface area (Å²) in [5.41, 5.74) is 7.21.